The van der Waals surface area contributed by atoms with Crippen molar-refractivity contribution in [2.24, 2.45) is 0 Å². The molecule has 0 saturated carbocycles. The molecule has 0 bridgehead atoms. The van der Waals surface area contributed by atoms with E-state index in [1.54, 1.807) is 0 Å². The second-order valence-corrected chi connectivity index (χ2v) is 5.67. The highest BCUT2D eigenvalue weighted by Gasteiger charge is 2.10. The highest BCUT2D eigenvalue weighted by molar-refractivity contribution is 9.10. The number of aryl methyl sites for hydroxylation is 1. The van der Waals surface area contributed by atoms with E-state index in [9.17, 15) is 4.79 Å². The summed E-state index contributed by atoms with van der Waals surface area (Å²) in [6.45, 7) is 7.82. The highest BCUT2D eigenvalue weighted by Crippen LogP contribution is 2.16. The maximum Gasteiger partial charge on any atom is 0.251 e. The van der Waals surface area contributed by atoms with Crippen LogP contribution in [0.15, 0.2) is 22.7 Å². The van der Waals surface area contributed by atoms with E-state index in [0.717, 1.165) is 48.3 Å². The Kier molecular flexibility index (Phi) is 7.51. The number of carbonyl (C=O) groups is 1. The van der Waals surface area contributed by atoms with Gasteiger partial charge in [0.1, 0.15) is 0 Å². The van der Waals surface area contributed by atoms with Crippen LogP contribution in [0.25, 0.3) is 0 Å². The molecule has 0 unspecified atom stereocenters. The van der Waals surface area contributed by atoms with Gasteiger partial charge in [-0.25, -0.2) is 0 Å². The fraction of sp³-hybridized carbons (Fsp3) is 0.500. The predicted molar refractivity (Wildman–Crippen MR) is 87.8 cm³/mol. The monoisotopic (exact) mass is 361 g/mol. The van der Waals surface area contributed by atoms with Crippen LogP contribution < -0.4 is 10.6 Å². The minimum Gasteiger partial charge on any atom is -0.351 e. The lowest BCUT2D eigenvalue weighted by atomic mass is 10.1. The zero-order valence-electron chi connectivity index (χ0n) is 11.6. The maximum atomic E-state index is 12.0. The molecule has 0 atom stereocenters. The zero-order valence-corrected chi connectivity index (χ0v) is 14.0. The first-order valence-corrected chi connectivity index (χ1v) is 7.43. The first-order valence-electron chi connectivity index (χ1n) is 6.64. The van der Waals surface area contributed by atoms with Crippen molar-refractivity contribution in [1.82, 2.24) is 15.5 Å². The standard InChI is InChI=1S/C14H20BrN3O.ClH/c1-11-10-12(2-3-13(11)15)14(19)17-6-9-18-7-4-16-5-8-18;/h2-3,10,16H,4-9H2,1H3,(H,17,19);1H. The fourth-order valence-corrected chi connectivity index (χ4v) is 2.40. The van der Waals surface area contributed by atoms with Crippen molar-refractivity contribution in [1.29, 1.82) is 0 Å². The van der Waals surface area contributed by atoms with Crippen LogP contribution in [-0.4, -0.2) is 50.1 Å². The van der Waals surface area contributed by atoms with Crippen LogP contribution >= 0.6 is 28.3 Å². The maximum absolute atomic E-state index is 12.0. The van der Waals surface area contributed by atoms with Crippen LogP contribution in [0, 0.1) is 6.92 Å². The molecule has 1 saturated heterocycles. The van der Waals surface area contributed by atoms with Crippen LogP contribution in [0.5, 0.6) is 0 Å². The molecule has 6 heteroatoms. The van der Waals surface area contributed by atoms with Crippen molar-refractivity contribution in [3.05, 3.63) is 33.8 Å². The third-order valence-electron chi connectivity index (χ3n) is 3.34. The number of hydrogen-bond acceptors (Lipinski definition) is 3. The third-order valence-corrected chi connectivity index (χ3v) is 4.23. The highest BCUT2D eigenvalue weighted by atomic mass is 79.9. The zero-order chi connectivity index (χ0) is 13.7. The molecule has 1 aliphatic rings. The number of hydrogen-bond donors (Lipinski definition) is 2. The number of rotatable bonds is 4. The summed E-state index contributed by atoms with van der Waals surface area (Å²) in [6, 6.07) is 5.67. The summed E-state index contributed by atoms with van der Waals surface area (Å²) in [5, 5.41) is 6.29. The van der Waals surface area contributed by atoms with Gasteiger partial charge < -0.3 is 10.6 Å². The second kappa shape index (κ2) is 8.62. The average molecular weight is 363 g/mol. The number of piperazine rings is 1. The Morgan fingerprint density at radius 1 is 1.40 bits per heavy atom. The molecular formula is C14H21BrClN3O. The van der Waals surface area contributed by atoms with E-state index in [1.807, 2.05) is 25.1 Å². The lowest BCUT2D eigenvalue weighted by Crippen LogP contribution is -2.46. The second-order valence-electron chi connectivity index (χ2n) is 4.81. The van der Waals surface area contributed by atoms with Gasteiger partial charge in [-0.2, -0.15) is 0 Å². The number of amides is 1. The first-order chi connectivity index (χ1) is 9.16. The lowest BCUT2D eigenvalue weighted by molar-refractivity contribution is 0.0947. The van der Waals surface area contributed by atoms with Gasteiger partial charge in [0.2, 0.25) is 0 Å². The van der Waals surface area contributed by atoms with E-state index >= 15 is 0 Å². The SMILES string of the molecule is Cc1cc(C(=O)NCCN2CCNCC2)ccc1Br.Cl. The molecule has 0 spiro atoms. The van der Waals surface area contributed by atoms with Gasteiger partial charge in [0, 0.05) is 49.3 Å². The molecule has 4 nitrogen and oxygen atoms in total. The largest absolute Gasteiger partial charge is 0.351 e. The number of nitrogens with one attached hydrogen (secondary N) is 2. The van der Waals surface area contributed by atoms with E-state index in [0.29, 0.717) is 6.54 Å². The number of nitrogens with zero attached hydrogens (tertiary/aromatic N) is 1. The Bertz CT molecular complexity index is 450. The van der Waals surface area contributed by atoms with E-state index in [2.05, 4.69) is 31.5 Å². The molecular weight excluding hydrogens is 342 g/mol. The summed E-state index contributed by atoms with van der Waals surface area (Å²) in [4.78, 5) is 14.4. The molecule has 2 N–H and O–H groups in total. The molecule has 0 aliphatic carbocycles. The summed E-state index contributed by atoms with van der Waals surface area (Å²) in [5.41, 5.74) is 1.80. The lowest BCUT2D eigenvalue weighted by Gasteiger charge is -2.27. The van der Waals surface area contributed by atoms with E-state index in [-0.39, 0.29) is 18.3 Å². The molecule has 1 amide bonds. The van der Waals surface area contributed by atoms with E-state index in [4.69, 9.17) is 0 Å². The summed E-state index contributed by atoms with van der Waals surface area (Å²) in [5.74, 6) is 0.00531. The van der Waals surface area contributed by atoms with E-state index in [1.165, 1.54) is 0 Å². The van der Waals surface area contributed by atoms with E-state index < -0.39 is 0 Å². The van der Waals surface area contributed by atoms with Crippen LogP contribution in [0.3, 0.4) is 0 Å². The third kappa shape index (κ3) is 5.05. The minimum absolute atomic E-state index is 0. The van der Waals surface area contributed by atoms with Gasteiger partial charge in [-0.3, -0.25) is 9.69 Å². The number of halogens is 2. The van der Waals surface area contributed by atoms with Crippen molar-refractivity contribution in [2.45, 2.75) is 6.92 Å². The van der Waals surface area contributed by atoms with Crippen LogP contribution in [-0.2, 0) is 0 Å². The average Bonchev–Trinajstić information content (AvgIpc) is 2.43. The first kappa shape index (κ1) is 17.4. The van der Waals surface area contributed by atoms with Crippen molar-refractivity contribution in [3.8, 4) is 0 Å². The molecule has 1 heterocycles. The Balaban J connectivity index is 0.00000200. The quantitative estimate of drug-likeness (QED) is 0.859. The van der Waals surface area contributed by atoms with Crippen molar-refractivity contribution < 1.29 is 4.79 Å². The van der Waals surface area contributed by atoms with Gasteiger partial charge in [0.25, 0.3) is 5.91 Å². The van der Waals surface area contributed by atoms with Gasteiger partial charge in [0.05, 0.1) is 0 Å². The molecule has 112 valence electrons. The van der Waals surface area contributed by atoms with Crippen LogP contribution in [0.1, 0.15) is 15.9 Å². The number of benzene rings is 1. The summed E-state index contributed by atoms with van der Waals surface area (Å²) in [7, 11) is 0. The summed E-state index contributed by atoms with van der Waals surface area (Å²) >= 11 is 3.44. The van der Waals surface area contributed by atoms with Crippen LogP contribution in [0.4, 0.5) is 0 Å². The Labute approximate surface area is 134 Å². The van der Waals surface area contributed by atoms with Crippen LogP contribution in [0.2, 0.25) is 0 Å². The molecule has 0 radical (unpaired) electrons. The van der Waals surface area contributed by atoms with Crippen molar-refractivity contribution in [2.75, 3.05) is 39.3 Å². The number of carbonyl (C=O) groups excluding carboxylic acids is 1. The molecule has 1 aromatic rings. The van der Waals surface area contributed by atoms with Crippen molar-refractivity contribution in [3.63, 3.8) is 0 Å². The summed E-state index contributed by atoms with van der Waals surface area (Å²) in [6.07, 6.45) is 0. The molecule has 1 aromatic carbocycles. The topological polar surface area (TPSA) is 44.4 Å². The smallest absolute Gasteiger partial charge is 0.251 e. The van der Waals surface area contributed by atoms with Gasteiger partial charge in [-0.05, 0) is 30.7 Å². The Morgan fingerprint density at radius 3 is 2.75 bits per heavy atom. The van der Waals surface area contributed by atoms with Gasteiger partial charge in [-0.15, -0.1) is 12.4 Å². The van der Waals surface area contributed by atoms with Crippen molar-refractivity contribution >= 4 is 34.2 Å². The predicted octanol–water partition coefficient (Wildman–Crippen LogP) is 1.81. The van der Waals surface area contributed by atoms with Gasteiger partial charge >= 0.3 is 0 Å². The fourth-order valence-electron chi connectivity index (χ4n) is 2.15. The summed E-state index contributed by atoms with van der Waals surface area (Å²) < 4.78 is 1.03. The minimum atomic E-state index is 0. The molecule has 0 aromatic heterocycles. The Hall–Kier alpha value is -0.620. The van der Waals surface area contributed by atoms with Gasteiger partial charge in [-0.1, -0.05) is 15.9 Å². The molecule has 20 heavy (non-hydrogen) atoms. The molecule has 1 aliphatic heterocycles. The van der Waals surface area contributed by atoms with Gasteiger partial charge in [0.15, 0.2) is 0 Å². The molecule has 1 fully saturated rings. The Morgan fingerprint density at radius 2 is 2.10 bits per heavy atom. The molecule has 2 rings (SSSR count). The normalized spacial score (nSPS) is 15.5.